The molecule has 1 aliphatic heterocycles. The van der Waals surface area contributed by atoms with Gasteiger partial charge in [0.1, 0.15) is 5.75 Å². The van der Waals surface area contributed by atoms with E-state index < -0.39 is 0 Å². The summed E-state index contributed by atoms with van der Waals surface area (Å²) in [5.41, 5.74) is 10.4. The molecule has 1 fully saturated rings. The Labute approximate surface area is 174 Å². The van der Waals surface area contributed by atoms with E-state index >= 15 is 0 Å². The van der Waals surface area contributed by atoms with Crippen LogP contribution in [-0.4, -0.2) is 56.6 Å². The minimum Gasteiger partial charge on any atom is -0.507 e. The highest BCUT2D eigenvalue weighted by atomic mass is 16.3. The number of nitrogen functional groups attached to an aromatic ring is 1. The van der Waals surface area contributed by atoms with E-state index in [2.05, 4.69) is 36.3 Å². The molecule has 152 valence electrons. The lowest BCUT2D eigenvalue weighted by Crippen LogP contribution is -2.46. The molecule has 0 bridgehead atoms. The molecule has 5 rings (SSSR count). The van der Waals surface area contributed by atoms with E-state index in [4.69, 9.17) is 5.73 Å². The van der Waals surface area contributed by atoms with Gasteiger partial charge in [-0.15, -0.1) is 10.2 Å². The molecule has 1 aliphatic rings. The lowest BCUT2D eigenvalue weighted by atomic mass is 10.1. The number of aromatic hydroxyl groups is 1. The maximum absolute atomic E-state index is 10.1. The molecule has 2 aromatic heterocycles. The van der Waals surface area contributed by atoms with Crippen LogP contribution in [0, 0.1) is 0 Å². The van der Waals surface area contributed by atoms with Crippen LogP contribution in [0.3, 0.4) is 0 Å². The minimum absolute atomic E-state index is 0.180. The van der Waals surface area contributed by atoms with E-state index in [9.17, 15) is 5.11 Å². The van der Waals surface area contributed by atoms with Gasteiger partial charge in [0, 0.05) is 43.7 Å². The zero-order valence-electron chi connectivity index (χ0n) is 16.5. The number of H-pyrrole nitrogens is 1. The summed E-state index contributed by atoms with van der Waals surface area (Å²) >= 11 is 0. The third kappa shape index (κ3) is 3.42. The van der Waals surface area contributed by atoms with E-state index in [0.717, 1.165) is 49.6 Å². The lowest BCUT2D eigenvalue weighted by Gasteiger charge is -2.36. The van der Waals surface area contributed by atoms with Crippen molar-refractivity contribution in [1.29, 1.82) is 0 Å². The Morgan fingerprint density at radius 1 is 0.967 bits per heavy atom. The summed E-state index contributed by atoms with van der Waals surface area (Å²) in [6, 6.07) is 17.2. The van der Waals surface area contributed by atoms with Crippen molar-refractivity contribution in [2.24, 2.45) is 0 Å². The third-order valence-electron chi connectivity index (χ3n) is 5.62. The standard InChI is InChI=1S/C22H23N7O/c23-22-20(13-18(25-27-22)16-6-2-4-8-21(16)30)29-11-9-28(10-12-29)14-19-15-5-1-3-7-17(15)24-26-19/h1-8,13,30H,9-12,14H2,(H2,23,27)(H,24,26). The Balaban J connectivity index is 1.31. The first-order valence-corrected chi connectivity index (χ1v) is 10.00. The Hall–Kier alpha value is -3.65. The summed E-state index contributed by atoms with van der Waals surface area (Å²) in [4.78, 5) is 4.64. The molecule has 3 heterocycles. The van der Waals surface area contributed by atoms with E-state index in [1.54, 1.807) is 12.1 Å². The maximum Gasteiger partial charge on any atom is 0.169 e. The Bertz CT molecular complexity index is 1180. The molecule has 30 heavy (non-hydrogen) atoms. The van der Waals surface area contributed by atoms with E-state index in [-0.39, 0.29) is 5.75 Å². The van der Waals surface area contributed by atoms with Crippen molar-refractivity contribution in [2.45, 2.75) is 6.54 Å². The largest absolute Gasteiger partial charge is 0.507 e. The highest BCUT2D eigenvalue weighted by Crippen LogP contribution is 2.31. The molecule has 0 amide bonds. The van der Waals surface area contributed by atoms with Gasteiger partial charge >= 0.3 is 0 Å². The summed E-state index contributed by atoms with van der Waals surface area (Å²) < 4.78 is 0. The molecule has 4 N–H and O–H groups in total. The summed E-state index contributed by atoms with van der Waals surface area (Å²) in [6.45, 7) is 4.31. The van der Waals surface area contributed by atoms with Gasteiger partial charge in [0.15, 0.2) is 5.82 Å². The first-order valence-electron chi connectivity index (χ1n) is 10.00. The number of nitrogens with zero attached hydrogens (tertiary/aromatic N) is 5. The number of anilines is 2. The minimum atomic E-state index is 0.180. The predicted octanol–water partition coefficient (Wildman–Crippen LogP) is 2.63. The fourth-order valence-corrected chi connectivity index (χ4v) is 3.97. The van der Waals surface area contributed by atoms with E-state index in [0.29, 0.717) is 17.1 Å². The van der Waals surface area contributed by atoms with Crippen LogP contribution >= 0.6 is 0 Å². The van der Waals surface area contributed by atoms with Gasteiger partial charge in [-0.25, -0.2) is 0 Å². The van der Waals surface area contributed by atoms with Crippen molar-refractivity contribution < 1.29 is 5.11 Å². The molecular weight excluding hydrogens is 378 g/mol. The molecule has 0 saturated carbocycles. The van der Waals surface area contributed by atoms with Crippen LogP contribution in [0.2, 0.25) is 0 Å². The zero-order chi connectivity index (χ0) is 20.5. The number of phenolic OH excluding ortho intramolecular Hbond substituents is 1. The average molecular weight is 401 g/mol. The first-order chi connectivity index (χ1) is 14.7. The Morgan fingerprint density at radius 2 is 1.73 bits per heavy atom. The lowest BCUT2D eigenvalue weighted by molar-refractivity contribution is 0.248. The monoisotopic (exact) mass is 401 g/mol. The number of nitrogens with two attached hydrogens (primary N) is 1. The molecule has 0 aliphatic carbocycles. The van der Waals surface area contributed by atoms with Crippen molar-refractivity contribution in [3.8, 4) is 17.0 Å². The van der Waals surface area contributed by atoms with Crippen LogP contribution in [0.15, 0.2) is 54.6 Å². The quantitative estimate of drug-likeness (QED) is 0.482. The molecule has 1 saturated heterocycles. The normalized spacial score (nSPS) is 15.0. The number of phenols is 1. The molecule has 0 radical (unpaired) electrons. The van der Waals surface area contributed by atoms with Crippen molar-refractivity contribution in [3.63, 3.8) is 0 Å². The van der Waals surface area contributed by atoms with Gasteiger partial charge in [0.2, 0.25) is 0 Å². The Kier molecular flexibility index (Phi) is 4.68. The first kappa shape index (κ1) is 18.4. The van der Waals surface area contributed by atoms with Crippen LogP contribution in [0.25, 0.3) is 22.2 Å². The number of nitrogens with one attached hydrogen (secondary N) is 1. The van der Waals surface area contributed by atoms with E-state index in [1.165, 1.54) is 5.39 Å². The fourth-order valence-electron chi connectivity index (χ4n) is 3.97. The van der Waals surface area contributed by atoms with Gasteiger partial charge in [0.05, 0.1) is 22.6 Å². The molecular formula is C22H23N7O. The number of hydrogen-bond acceptors (Lipinski definition) is 7. The molecule has 2 aromatic carbocycles. The smallest absolute Gasteiger partial charge is 0.169 e. The topological polar surface area (TPSA) is 107 Å². The zero-order valence-corrected chi connectivity index (χ0v) is 16.5. The molecule has 8 nitrogen and oxygen atoms in total. The third-order valence-corrected chi connectivity index (χ3v) is 5.62. The van der Waals surface area contributed by atoms with E-state index in [1.807, 2.05) is 36.4 Å². The number of piperazine rings is 1. The number of aromatic amines is 1. The van der Waals surface area contributed by atoms with Gasteiger partial charge in [-0.3, -0.25) is 10.00 Å². The molecule has 0 spiro atoms. The second-order valence-corrected chi connectivity index (χ2v) is 7.50. The average Bonchev–Trinajstić information content (AvgIpc) is 3.18. The van der Waals surface area contributed by atoms with Crippen LogP contribution in [0.1, 0.15) is 5.69 Å². The highest BCUT2D eigenvalue weighted by molar-refractivity contribution is 5.81. The second-order valence-electron chi connectivity index (χ2n) is 7.50. The van der Waals surface area contributed by atoms with Crippen molar-refractivity contribution >= 4 is 22.4 Å². The molecule has 8 heteroatoms. The molecule has 4 aromatic rings. The number of rotatable bonds is 4. The van der Waals surface area contributed by atoms with Crippen molar-refractivity contribution in [3.05, 3.63) is 60.3 Å². The number of fused-ring (bicyclic) bond motifs is 1. The number of benzene rings is 2. The Morgan fingerprint density at radius 3 is 2.57 bits per heavy atom. The van der Waals surface area contributed by atoms with Gasteiger partial charge in [-0.05, 0) is 24.3 Å². The predicted molar refractivity (Wildman–Crippen MR) is 117 cm³/mol. The summed E-state index contributed by atoms with van der Waals surface area (Å²) in [5, 5.41) is 27.2. The van der Waals surface area contributed by atoms with Crippen LogP contribution < -0.4 is 10.6 Å². The fraction of sp³-hybridized carbons (Fsp3) is 0.227. The van der Waals surface area contributed by atoms with Crippen molar-refractivity contribution in [2.75, 3.05) is 36.8 Å². The summed E-state index contributed by atoms with van der Waals surface area (Å²) in [6.07, 6.45) is 0. The van der Waals surface area contributed by atoms with Gasteiger partial charge < -0.3 is 15.7 Å². The molecule has 0 atom stereocenters. The van der Waals surface area contributed by atoms with Crippen LogP contribution in [0.5, 0.6) is 5.75 Å². The summed E-state index contributed by atoms with van der Waals surface area (Å²) in [7, 11) is 0. The SMILES string of the molecule is Nc1nnc(-c2ccccc2O)cc1N1CCN(Cc2[nH]nc3ccccc23)CC1. The van der Waals surface area contributed by atoms with Gasteiger partial charge in [-0.1, -0.05) is 30.3 Å². The molecule has 0 unspecified atom stereocenters. The maximum atomic E-state index is 10.1. The van der Waals surface area contributed by atoms with Crippen LogP contribution in [-0.2, 0) is 6.54 Å². The van der Waals surface area contributed by atoms with Crippen LogP contribution in [0.4, 0.5) is 11.5 Å². The number of hydrogen-bond donors (Lipinski definition) is 3. The summed E-state index contributed by atoms with van der Waals surface area (Å²) in [5.74, 6) is 0.585. The highest BCUT2D eigenvalue weighted by Gasteiger charge is 2.21. The van der Waals surface area contributed by atoms with Gasteiger partial charge in [0.25, 0.3) is 0 Å². The van der Waals surface area contributed by atoms with Crippen molar-refractivity contribution in [1.82, 2.24) is 25.3 Å². The number of aromatic nitrogens is 4. The number of para-hydroxylation sites is 2. The van der Waals surface area contributed by atoms with Gasteiger partial charge in [-0.2, -0.15) is 5.10 Å². The second kappa shape index (κ2) is 7.64.